The van der Waals surface area contributed by atoms with Crippen LogP contribution in [0.3, 0.4) is 0 Å². The van der Waals surface area contributed by atoms with Crippen LogP contribution in [0, 0.1) is 17.7 Å². The molecule has 1 amide bonds. The van der Waals surface area contributed by atoms with E-state index in [2.05, 4.69) is 5.32 Å². The number of carbonyl (C=O) groups excluding carboxylic acids is 1. The summed E-state index contributed by atoms with van der Waals surface area (Å²) in [5.74, 6) is 1.10. The third-order valence-corrected chi connectivity index (χ3v) is 5.30. The Kier molecular flexibility index (Phi) is 5.49. The number of hydrogen-bond donors (Lipinski definition) is 1. The number of nitrogens with one attached hydrogen (secondary N) is 1. The summed E-state index contributed by atoms with van der Waals surface area (Å²) in [6, 6.07) is 12.3. The number of hydrogen-bond acceptors (Lipinski definition) is 3. The van der Waals surface area contributed by atoms with E-state index in [9.17, 15) is 9.18 Å². The molecule has 4 rings (SSSR count). The highest BCUT2D eigenvalue weighted by atomic mass is 35.5. The molecule has 2 aromatic carbocycles. The Morgan fingerprint density at radius 1 is 1.08 bits per heavy atom. The second kappa shape index (κ2) is 7.64. The zero-order chi connectivity index (χ0) is 17.4. The van der Waals surface area contributed by atoms with Crippen LogP contribution in [0.15, 0.2) is 42.5 Å². The molecule has 6 heteroatoms. The number of benzene rings is 2. The molecule has 0 unspecified atom stereocenters. The van der Waals surface area contributed by atoms with Gasteiger partial charge in [0.05, 0.1) is 12.7 Å². The minimum atomic E-state index is -0.464. The monoisotopic (exact) mass is 376 g/mol. The predicted molar refractivity (Wildman–Crippen MR) is 101 cm³/mol. The van der Waals surface area contributed by atoms with Crippen molar-refractivity contribution in [3.05, 3.63) is 53.8 Å². The lowest BCUT2D eigenvalue weighted by Gasteiger charge is -2.18. The molecule has 2 aliphatic rings. The summed E-state index contributed by atoms with van der Waals surface area (Å²) in [7, 11) is 1.61. The Morgan fingerprint density at radius 2 is 1.69 bits per heavy atom. The molecule has 2 heterocycles. The van der Waals surface area contributed by atoms with Gasteiger partial charge in [0.2, 0.25) is 0 Å². The molecule has 2 aliphatic heterocycles. The maximum atomic E-state index is 14.6. The fraction of sp³-hybridized carbons (Fsp3) is 0.350. The summed E-state index contributed by atoms with van der Waals surface area (Å²) >= 11 is 0. The molecular formula is C20H22ClFN2O2. The highest BCUT2D eigenvalue weighted by molar-refractivity contribution is 5.95. The van der Waals surface area contributed by atoms with Crippen LogP contribution in [0.2, 0.25) is 0 Å². The first-order chi connectivity index (χ1) is 12.2. The maximum Gasteiger partial charge on any atom is 0.256 e. The van der Waals surface area contributed by atoms with E-state index in [0.29, 0.717) is 11.8 Å². The van der Waals surface area contributed by atoms with Crippen molar-refractivity contribution in [1.29, 1.82) is 0 Å². The predicted octanol–water partition coefficient (Wildman–Crippen LogP) is 3.21. The quantitative estimate of drug-likeness (QED) is 0.894. The smallest absolute Gasteiger partial charge is 0.256 e. The minimum Gasteiger partial charge on any atom is -0.497 e. The number of carbonyl (C=O) groups is 1. The van der Waals surface area contributed by atoms with Crippen LogP contribution in [-0.2, 0) is 0 Å². The molecule has 0 spiro atoms. The van der Waals surface area contributed by atoms with Crippen LogP contribution in [0.4, 0.5) is 4.39 Å². The van der Waals surface area contributed by atoms with E-state index >= 15 is 0 Å². The molecule has 138 valence electrons. The summed E-state index contributed by atoms with van der Waals surface area (Å²) in [4.78, 5) is 14.5. The summed E-state index contributed by atoms with van der Waals surface area (Å²) in [6.45, 7) is 3.34. The van der Waals surface area contributed by atoms with E-state index in [4.69, 9.17) is 4.74 Å². The first-order valence-electron chi connectivity index (χ1n) is 8.59. The van der Waals surface area contributed by atoms with Gasteiger partial charge < -0.3 is 15.0 Å². The van der Waals surface area contributed by atoms with Gasteiger partial charge in [0.25, 0.3) is 5.91 Å². The lowest BCUT2D eigenvalue weighted by atomic mass is 10.0. The molecular weight excluding hydrogens is 355 g/mol. The third-order valence-electron chi connectivity index (χ3n) is 5.30. The van der Waals surface area contributed by atoms with Gasteiger partial charge in [0.1, 0.15) is 11.6 Å². The molecule has 2 saturated heterocycles. The van der Waals surface area contributed by atoms with Crippen LogP contribution in [0.1, 0.15) is 10.4 Å². The average molecular weight is 377 g/mol. The number of halogens is 2. The zero-order valence-corrected chi connectivity index (χ0v) is 15.4. The number of methoxy groups -OCH3 is 1. The molecule has 1 N–H and O–H groups in total. The van der Waals surface area contributed by atoms with Gasteiger partial charge in [-0.15, -0.1) is 12.4 Å². The van der Waals surface area contributed by atoms with Crippen LogP contribution >= 0.6 is 12.4 Å². The van der Waals surface area contributed by atoms with Gasteiger partial charge in [0.15, 0.2) is 0 Å². The molecule has 2 atom stereocenters. The van der Waals surface area contributed by atoms with Crippen molar-refractivity contribution >= 4 is 18.3 Å². The summed E-state index contributed by atoms with van der Waals surface area (Å²) < 4.78 is 19.7. The Labute approximate surface area is 158 Å². The van der Waals surface area contributed by atoms with E-state index in [0.717, 1.165) is 43.1 Å². The number of likely N-dealkylation sites (tertiary alicyclic amines) is 1. The van der Waals surface area contributed by atoms with Crippen molar-refractivity contribution in [2.24, 2.45) is 11.8 Å². The van der Waals surface area contributed by atoms with Gasteiger partial charge in [0, 0.05) is 26.2 Å². The average Bonchev–Trinajstić information content (AvgIpc) is 3.23. The number of ether oxygens (including phenoxy) is 1. The molecule has 26 heavy (non-hydrogen) atoms. The largest absolute Gasteiger partial charge is 0.497 e. The molecule has 4 nitrogen and oxygen atoms in total. The van der Waals surface area contributed by atoms with Gasteiger partial charge in [-0.25, -0.2) is 4.39 Å². The Bertz CT molecular complexity index is 785. The molecule has 0 saturated carbocycles. The van der Waals surface area contributed by atoms with Gasteiger partial charge in [-0.2, -0.15) is 0 Å². The van der Waals surface area contributed by atoms with E-state index in [1.54, 1.807) is 24.1 Å². The van der Waals surface area contributed by atoms with E-state index in [1.807, 2.05) is 24.3 Å². The van der Waals surface area contributed by atoms with E-state index in [1.165, 1.54) is 6.07 Å². The molecule has 0 radical (unpaired) electrons. The Morgan fingerprint density at radius 3 is 2.27 bits per heavy atom. The van der Waals surface area contributed by atoms with Crippen LogP contribution in [-0.4, -0.2) is 44.1 Å². The van der Waals surface area contributed by atoms with Gasteiger partial charge in [-0.1, -0.05) is 18.2 Å². The lowest BCUT2D eigenvalue weighted by molar-refractivity contribution is 0.0777. The summed E-state index contributed by atoms with van der Waals surface area (Å²) in [5, 5.41) is 3.35. The topological polar surface area (TPSA) is 41.6 Å². The van der Waals surface area contributed by atoms with Crippen molar-refractivity contribution in [3.8, 4) is 16.9 Å². The second-order valence-electron chi connectivity index (χ2n) is 6.81. The number of amides is 1. The molecule has 0 bridgehead atoms. The minimum absolute atomic E-state index is 0. The fourth-order valence-corrected chi connectivity index (χ4v) is 3.84. The van der Waals surface area contributed by atoms with Crippen molar-refractivity contribution in [2.45, 2.75) is 0 Å². The van der Waals surface area contributed by atoms with Crippen molar-refractivity contribution in [3.63, 3.8) is 0 Å². The van der Waals surface area contributed by atoms with Crippen molar-refractivity contribution in [2.75, 3.05) is 33.3 Å². The number of nitrogens with zero attached hydrogens (tertiary/aromatic N) is 1. The van der Waals surface area contributed by atoms with Gasteiger partial charge in [-0.3, -0.25) is 4.79 Å². The second-order valence-corrected chi connectivity index (χ2v) is 6.81. The van der Waals surface area contributed by atoms with Crippen molar-refractivity contribution in [1.82, 2.24) is 10.2 Å². The molecule has 0 aliphatic carbocycles. The SMILES string of the molecule is COc1ccc(-c2ccc(C(=O)N3C[C@H]4CNC[C@H]4C3)c(F)c2)cc1.Cl. The normalized spacial score (nSPS) is 21.2. The first-order valence-corrected chi connectivity index (χ1v) is 8.59. The van der Waals surface area contributed by atoms with Gasteiger partial charge >= 0.3 is 0 Å². The Hall–Kier alpha value is -2.11. The highest BCUT2D eigenvalue weighted by Gasteiger charge is 2.38. The number of fused-ring (bicyclic) bond motifs is 1. The van der Waals surface area contributed by atoms with Crippen molar-refractivity contribution < 1.29 is 13.9 Å². The standard InChI is InChI=1S/C20H21FN2O2.ClH/c1-25-17-5-2-13(3-6-17)14-4-7-18(19(21)8-14)20(24)23-11-15-9-22-10-16(15)12-23;/h2-8,15-16,22H,9-12H2,1H3;1H/t15-,16+;. The highest BCUT2D eigenvalue weighted by Crippen LogP contribution is 2.29. The third kappa shape index (κ3) is 3.41. The Balaban J connectivity index is 0.00000196. The molecule has 0 aromatic heterocycles. The summed E-state index contributed by atoms with van der Waals surface area (Å²) in [6.07, 6.45) is 0. The lowest BCUT2D eigenvalue weighted by Crippen LogP contribution is -2.32. The van der Waals surface area contributed by atoms with E-state index in [-0.39, 0.29) is 23.9 Å². The molecule has 2 fully saturated rings. The maximum absolute atomic E-state index is 14.6. The summed E-state index contributed by atoms with van der Waals surface area (Å²) in [5.41, 5.74) is 1.80. The van der Waals surface area contributed by atoms with E-state index < -0.39 is 5.82 Å². The fourth-order valence-electron chi connectivity index (χ4n) is 3.84. The zero-order valence-electron chi connectivity index (χ0n) is 14.6. The van der Waals surface area contributed by atoms with Crippen LogP contribution < -0.4 is 10.1 Å². The van der Waals surface area contributed by atoms with Crippen LogP contribution in [0.25, 0.3) is 11.1 Å². The van der Waals surface area contributed by atoms with Gasteiger partial charge in [-0.05, 0) is 47.2 Å². The molecule has 2 aromatic rings. The van der Waals surface area contributed by atoms with Crippen LogP contribution in [0.5, 0.6) is 5.75 Å². The number of rotatable bonds is 3. The first kappa shape index (κ1) is 18.7.